The topological polar surface area (TPSA) is 92.5 Å². The molecule has 9 nitrogen and oxygen atoms in total. The SMILES string of the molecule is CN1CCOc2c1cnn1c(-c3ccc4cc(Cl)cc(NCC5(F)CCNCC5)c4n3)nnc21. The van der Waals surface area contributed by atoms with Gasteiger partial charge < -0.3 is 20.3 Å². The number of nitrogens with zero attached hydrogens (tertiary/aromatic N) is 6. The number of benzene rings is 1. The molecule has 0 amide bonds. The minimum Gasteiger partial charge on any atom is -0.486 e. The number of ether oxygens (including phenoxy) is 1. The van der Waals surface area contributed by atoms with E-state index in [2.05, 4.69) is 30.8 Å². The molecule has 5 heterocycles. The summed E-state index contributed by atoms with van der Waals surface area (Å²) < 4.78 is 22.7. The molecular weight excluding hydrogens is 459 g/mol. The van der Waals surface area contributed by atoms with Crippen molar-refractivity contribution in [1.82, 2.24) is 30.1 Å². The first-order valence-corrected chi connectivity index (χ1v) is 11.7. The summed E-state index contributed by atoms with van der Waals surface area (Å²) in [6.07, 6.45) is 2.69. The van der Waals surface area contributed by atoms with Crippen LogP contribution in [0.5, 0.6) is 5.75 Å². The van der Waals surface area contributed by atoms with Gasteiger partial charge in [0.2, 0.25) is 11.5 Å². The molecule has 0 aliphatic carbocycles. The van der Waals surface area contributed by atoms with Crippen LogP contribution in [0.4, 0.5) is 15.8 Å². The van der Waals surface area contributed by atoms with Gasteiger partial charge in [0.05, 0.1) is 23.9 Å². The summed E-state index contributed by atoms with van der Waals surface area (Å²) in [5, 5.41) is 21.1. The summed E-state index contributed by atoms with van der Waals surface area (Å²) in [7, 11) is 1.99. The molecule has 3 aromatic heterocycles. The van der Waals surface area contributed by atoms with Crippen molar-refractivity contribution in [3.8, 4) is 17.3 Å². The Balaban J connectivity index is 1.40. The highest BCUT2D eigenvalue weighted by atomic mass is 35.5. The van der Waals surface area contributed by atoms with Gasteiger partial charge in [0.1, 0.15) is 23.7 Å². The number of alkyl halides is 1. The highest BCUT2D eigenvalue weighted by Crippen LogP contribution is 2.35. The Morgan fingerprint density at radius 2 is 2.09 bits per heavy atom. The van der Waals surface area contributed by atoms with Crippen LogP contribution in [0.15, 0.2) is 30.5 Å². The summed E-state index contributed by atoms with van der Waals surface area (Å²) in [6, 6.07) is 7.41. The van der Waals surface area contributed by atoms with Crippen LogP contribution >= 0.6 is 11.6 Å². The van der Waals surface area contributed by atoms with E-state index in [0.29, 0.717) is 71.7 Å². The average molecular weight is 483 g/mol. The lowest BCUT2D eigenvalue weighted by Crippen LogP contribution is -2.43. The smallest absolute Gasteiger partial charge is 0.222 e. The van der Waals surface area contributed by atoms with Gasteiger partial charge in [-0.2, -0.15) is 9.61 Å². The Labute approximate surface area is 200 Å². The molecule has 34 heavy (non-hydrogen) atoms. The van der Waals surface area contributed by atoms with Gasteiger partial charge in [-0.05, 0) is 44.1 Å². The van der Waals surface area contributed by atoms with Crippen molar-refractivity contribution in [2.24, 2.45) is 0 Å². The van der Waals surface area contributed by atoms with Gasteiger partial charge in [-0.25, -0.2) is 9.37 Å². The van der Waals surface area contributed by atoms with Crippen LogP contribution in [-0.4, -0.2) is 70.3 Å². The summed E-state index contributed by atoms with van der Waals surface area (Å²) in [5.74, 6) is 1.16. The zero-order chi connectivity index (χ0) is 23.3. The number of halogens is 2. The van der Waals surface area contributed by atoms with Gasteiger partial charge in [-0.15, -0.1) is 10.2 Å². The van der Waals surface area contributed by atoms with E-state index in [-0.39, 0.29) is 6.54 Å². The van der Waals surface area contributed by atoms with Crippen LogP contribution in [0.25, 0.3) is 28.1 Å². The molecule has 2 aliphatic heterocycles. The maximum Gasteiger partial charge on any atom is 0.222 e. The maximum absolute atomic E-state index is 15.2. The third-order valence-electron chi connectivity index (χ3n) is 6.54. The van der Waals surface area contributed by atoms with Gasteiger partial charge in [0.25, 0.3) is 0 Å². The van der Waals surface area contributed by atoms with E-state index in [0.717, 1.165) is 17.6 Å². The van der Waals surface area contributed by atoms with E-state index in [1.165, 1.54) is 0 Å². The van der Waals surface area contributed by atoms with E-state index >= 15 is 4.39 Å². The lowest BCUT2D eigenvalue weighted by Gasteiger charge is -2.30. The number of hydrogen-bond acceptors (Lipinski definition) is 8. The van der Waals surface area contributed by atoms with E-state index in [1.807, 2.05) is 25.2 Å². The Morgan fingerprint density at radius 1 is 1.24 bits per heavy atom. The van der Waals surface area contributed by atoms with Crippen LogP contribution in [0.3, 0.4) is 0 Å². The van der Waals surface area contributed by atoms with Gasteiger partial charge in [-0.1, -0.05) is 17.7 Å². The van der Waals surface area contributed by atoms with Crippen molar-refractivity contribution in [1.29, 1.82) is 0 Å². The molecule has 6 rings (SSSR count). The molecule has 2 N–H and O–H groups in total. The molecule has 0 unspecified atom stereocenters. The number of piperidine rings is 1. The average Bonchev–Trinajstić information content (AvgIpc) is 3.28. The number of pyridine rings is 1. The molecular formula is C23H24ClFN8O. The fourth-order valence-electron chi connectivity index (χ4n) is 4.55. The molecule has 0 saturated carbocycles. The fourth-order valence-corrected chi connectivity index (χ4v) is 4.78. The van der Waals surface area contributed by atoms with Crippen LogP contribution in [-0.2, 0) is 0 Å². The minimum absolute atomic E-state index is 0.197. The van der Waals surface area contributed by atoms with Crippen LogP contribution in [0, 0.1) is 0 Å². The number of nitrogens with one attached hydrogen (secondary N) is 2. The van der Waals surface area contributed by atoms with Crippen molar-refractivity contribution in [3.05, 3.63) is 35.5 Å². The third kappa shape index (κ3) is 3.67. The zero-order valence-electron chi connectivity index (χ0n) is 18.7. The van der Waals surface area contributed by atoms with Crippen LogP contribution in [0.2, 0.25) is 5.02 Å². The van der Waals surface area contributed by atoms with Crippen LogP contribution in [0.1, 0.15) is 12.8 Å². The second-order valence-electron chi connectivity index (χ2n) is 8.86. The first-order chi connectivity index (χ1) is 16.5. The van der Waals surface area contributed by atoms with E-state index in [4.69, 9.17) is 21.3 Å². The molecule has 0 spiro atoms. The van der Waals surface area contributed by atoms with Gasteiger partial charge in [0.15, 0.2) is 5.75 Å². The lowest BCUT2D eigenvalue weighted by molar-refractivity contribution is 0.131. The van der Waals surface area contributed by atoms with Crippen LogP contribution < -0.4 is 20.3 Å². The quantitative estimate of drug-likeness (QED) is 0.457. The van der Waals surface area contributed by atoms with Gasteiger partial charge >= 0.3 is 0 Å². The Morgan fingerprint density at radius 3 is 2.94 bits per heavy atom. The van der Waals surface area contributed by atoms with Gasteiger partial charge in [-0.3, -0.25) is 0 Å². The molecule has 0 radical (unpaired) electrons. The molecule has 2 aliphatic rings. The third-order valence-corrected chi connectivity index (χ3v) is 6.76. The second kappa shape index (κ2) is 8.21. The monoisotopic (exact) mass is 482 g/mol. The van der Waals surface area contributed by atoms with E-state index < -0.39 is 5.67 Å². The van der Waals surface area contributed by atoms with E-state index in [9.17, 15) is 0 Å². The molecule has 4 aromatic rings. The molecule has 1 fully saturated rings. The Bertz CT molecular complexity index is 1390. The molecule has 1 aromatic carbocycles. The summed E-state index contributed by atoms with van der Waals surface area (Å²) >= 11 is 6.35. The predicted molar refractivity (Wildman–Crippen MR) is 130 cm³/mol. The standard InChI is InChI=1S/C23H24ClFN8O/c1-32-8-9-34-20-18(32)12-28-33-21(30-31-22(20)33)16-3-2-14-10-15(24)11-17(19(14)29-16)27-13-23(25)4-6-26-7-5-23/h2-3,10-12,26-27H,4-9,13H2,1H3. The fraction of sp³-hybridized carbons (Fsp3) is 0.391. The zero-order valence-corrected chi connectivity index (χ0v) is 19.4. The molecule has 0 bridgehead atoms. The van der Waals surface area contributed by atoms with Crippen molar-refractivity contribution >= 4 is 39.5 Å². The molecule has 176 valence electrons. The number of anilines is 2. The first kappa shape index (κ1) is 21.3. The highest BCUT2D eigenvalue weighted by Gasteiger charge is 2.31. The van der Waals surface area contributed by atoms with Crippen molar-refractivity contribution < 1.29 is 9.13 Å². The molecule has 0 atom stereocenters. The summed E-state index contributed by atoms with van der Waals surface area (Å²) in [5.41, 5.74) is 2.12. The largest absolute Gasteiger partial charge is 0.486 e. The summed E-state index contributed by atoms with van der Waals surface area (Å²) in [6.45, 7) is 2.90. The van der Waals surface area contributed by atoms with Gasteiger partial charge in [0, 0.05) is 24.0 Å². The molecule has 1 saturated heterocycles. The van der Waals surface area contributed by atoms with Crippen molar-refractivity contribution in [3.63, 3.8) is 0 Å². The van der Waals surface area contributed by atoms with E-state index in [1.54, 1.807) is 16.8 Å². The highest BCUT2D eigenvalue weighted by molar-refractivity contribution is 6.31. The lowest BCUT2D eigenvalue weighted by atomic mass is 9.94. The first-order valence-electron chi connectivity index (χ1n) is 11.3. The number of fused-ring (bicyclic) bond motifs is 4. The van der Waals surface area contributed by atoms with Crippen molar-refractivity contribution in [2.75, 3.05) is 50.1 Å². The maximum atomic E-state index is 15.2. The normalized spacial score (nSPS) is 17.6. The number of rotatable bonds is 4. The number of likely N-dealkylation sites (N-methyl/N-ethyl adjacent to an activating group) is 1. The number of aromatic nitrogens is 5. The van der Waals surface area contributed by atoms with Crippen molar-refractivity contribution in [2.45, 2.75) is 18.5 Å². The molecule has 11 heteroatoms. The predicted octanol–water partition coefficient (Wildman–Crippen LogP) is 3.33. The Kier molecular flexibility index (Phi) is 5.14. The Hall–Kier alpha value is -3.24. The minimum atomic E-state index is -1.27. The second-order valence-corrected chi connectivity index (χ2v) is 9.30. The summed E-state index contributed by atoms with van der Waals surface area (Å²) in [4.78, 5) is 6.93. The number of hydrogen-bond donors (Lipinski definition) is 2.